The van der Waals surface area contributed by atoms with Crippen LogP contribution in [0.1, 0.15) is 62.7 Å². The molecule has 8 heteroatoms. The number of nitrogens with one attached hydrogen (secondary N) is 1. The van der Waals surface area contributed by atoms with Crippen LogP contribution in [0.2, 0.25) is 0 Å². The van der Waals surface area contributed by atoms with Gasteiger partial charge in [0.2, 0.25) is 0 Å². The van der Waals surface area contributed by atoms with Crippen LogP contribution in [0, 0.1) is 0 Å². The zero-order valence-electron chi connectivity index (χ0n) is 31.1. The summed E-state index contributed by atoms with van der Waals surface area (Å²) in [7, 11) is 0. The smallest absolute Gasteiger partial charge is 0.271 e. The number of aliphatic hydroxyl groups is 1. The molecule has 0 bridgehead atoms. The Balaban J connectivity index is 1.02. The van der Waals surface area contributed by atoms with Gasteiger partial charge in [0.1, 0.15) is 5.69 Å². The number of rotatable bonds is 13. The van der Waals surface area contributed by atoms with E-state index in [9.17, 15) is 9.90 Å². The lowest BCUT2D eigenvalue weighted by Gasteiger charge is -2.38. The summed E-state index contributed by atoms with van der Waals surface area (Å²) in [4.78, 5) is 24.3. The fourth-order valence-corrected chi connectivity index (χ4v) is 7.25. The highest BCUT2D eigenvalue weighted by Gasteiger charge is 2.33. The number of benzene rings is 6. The van der Waals surface area contributed by atoms with Crippen molar-refractivity contribution in [3.63, 3.8) is 0 Å². The van der Waals surface area contributed by atoms with Crippen LogP contribution in [-0.2, 0) is 35.7 Å². The fourth-order valence-electron chi connectivity index (χ4n) is 7.25. The summed E-state index contributed by atoms with van der Waals surface area (Å²) in [5, 5.41) is 12.7. The van der Waals surface area contributed by atoms with Crippen molar-refractivity contribution in [3.8, 4) is 11.1 Å². The quantitative estimate of drug-likeness (QED) is 0.122. The van der Waals surface area contributed by atoms with Gasteiger partial charge in [0.25, 0.3) is 5.91 Å². The molecular formula is C48H44N4O4. The van der Waals surface area contributed by atoms with Crippen LogP contribution in [0.3, 0.4) is 0 Å². The minimum Gasteiger partial charge on any atom is -0.392 e. The second-order valence-corrected chi connectivity index (χ2v) is 14.2. The third-order valence-corrected chi connectivity index (χ3v) is 10.1. The number of hydrogen-bond acceptors (Lipinski definition) is 7. The number of aromatic nitrogens is 2. The number of amides is 1. The zero-order chi connectivity index (χ0) is 38.1. The molecule has 0 saturated carbocycles. The van der Waals surface area contributed by atoms with E-state index >= 15 is 0 Å². The van der Waals surface area contributed by atoms with Crippen LogP contribution in [0.25, 0.3) is 22.2 Å². The molecule has 0 radical (unpaired) electrons. The lowest BCUT2D eigenvalue weighted by molar-refractivity contribution is -0.253. The first kappa shape index (κ1) is 36.9. The first-order valence-electron chi connectivity index (χ1n) is 19.1. The molecule has 2 heterocycles. The Morgan fingerprint density at radius 1 is 0.661 bits per heavy atom. The van der Waals surface area contributed by atoms with Gasteiger partial charge in [0.05, 0.1) is 36.0 Å². The van der Waals surface area contributed by atoms with Crippen molar-refractivity contribution in [1.82, 2.24) is 20.2 Å². The first-order chi connectivity index (χ1) is 27.6. The van der Waals surface area contributed by atoms with Gasteiger partial charge in [-0.2, -0.15) is 0 Å². The molecule has 7 aromatic rings. The number of nitrogens with zero attached hydrogens (tertiary/aromatic N) is 3. The number of carbonyl (C=O) groups is 1. The van der Waals surface area contributed by atoms with Crippen molar-refractivity contribution in [2.75, 3.05) is 6.54 Å². The molecule has 280 valence electrons. The van der Waals surface area contributed by atoms with E-state index in [0.29, 0.717) is 25.0 Å². The van der Waals surface area contributed by atoms with Gasteiger partial charge in [-0.25, -0.2) is 4.98 Å². The number of aliphatic hydroxyl groups excluding tert-OH is 1. The van der Waals surface area contributed by atoms with Gasteiger partial charge in [-0.05, 0) is 63.2 Å². The second kappa shape index (κ2) is 17.6. The molecule has 8 nitrogen and oxygen atoms in total. The minimum absolute atomic E-state index is 0.00635. The summed E-state index contributed by atoms with van der Waals surface area (Å²) in [5.41, 5.74) is 10.1. The Kier molecular flexibility index (Phi) is 11.6. The van der Waals surface area contributed by atoms with E-state index in [2.05, 4.69) is 123 Å². The van der Waals surface area contributed by atoms with Gasteiger partial charge in [-0.15, -0.1) is 0 Å². The Labute approximate surface area is 327 Å². The molecule has 1 aromatic heterocycles. The molecule has 1 amide bonds. The Morgan fingerprint density at radius 2 is 1.30 bits per heavy atom. The molecule has 1 aliphatic heterocycles. The van der Waals surface area contributed by atoms with Crippen LogP contribution >= 0.6 is 0 Å². The summed E-state index contributed by atoms with van der Waals surface area (Å²) in [6.07, 6.45) is 1.28. The van der Waals surface area contributed by atoms with Gasteiger partial charge in [0, 0.05) is 38.2 Å². The van der Waals surface area contributed by atoms with Gasteiger partial charge >= 0.3 is 0 Å². The van der Waals surface area contributed by atoms with E-state index < -0.39 is 6.29 Å². The Bertz CT molecular complexity index is 2330. The molecule has 0 unspecified atom stereocenters. The maximum Gasteiger partial charge on any atom is 0.271 e. The summed E-state index contributed by atoms with van der Waals surface area (Å²) in [6, 6.07) is 53.1. The van der Waals surface area contributed by atoms with Crippen molar-refractivity contribution >= 4 is 16.9 Å². The third-order valence-electron chi connectivity index (χ3n) is 10.1. The third kappa shape index (κ3) is 9.25. The number of fused-ring (bicyclic) bond motifs is 1. The normalized spacial score (nSPS) is 16.9. The predicted molar refractivity (Wildman–Crippen MR) is 218 cm³/mol. The van der Waals surface area contributed by atoms with Crippen molar-refractivity contribution in [2.24, 2.45) is 0 Å². The number of ether oxygens (including phenoxy) is 2. The standard InChI is InChI=1S/C48H44N4O4/c53-33-36-21-23-38(24-22-36)46-27-42(32-52(30-34-11-3-1-4-12-34)31-35-13-5-2-6-14-35)55-48(56-46)41-18-10-17-40(26-41)39-16-9-15-37(25-39)28-50-47(54)45-29-49-43-19-7-8-20-44(43)51-45/h1-26,29,42,46,48,53H,27-28,30-33H2,(H,50,54)/t42-,46+,48+/m0/s1. The topological polar surface area (TPSA) is 96.8 Å². The highest BCUT2D eigenvalue weighted by atomic mass is 16.7. The molecule has 8 rings (SSSR count). The van der Waals surface area contributed by atoms with Gasteiger partial charge in [-0.1, -0.05) is 133 Å². The molecule has 0 spiro atoms. The molecule has 1 fully saturated rings. The number of hydrogen-bond donors (Lipinski definition) is 2. The lowest BCUT2D eigenvalue weighted by Crippen LogP contribution is -2.39. The van der Waals surface area contributed by atoms with Gasteiger partial charge < -0.3 is 19.9 Å². The van der Waals surface area contributed by atoms with Crippen LogP contribution in [-0.4, -0.2) is 38.5 Å². The average Bonchev–Trinajstić information content (AvgIpc) is 3.26. The average molecular weight is 741 g/mol. The second-order valence-electron chi connectivity index (χ2n) is 14.2. The van der Waals surface area contributed by atoms with Gasteiger partial charge in [0.15, 0.2) is 6.29 Å². The summed E-state index contributed by atoms with van der Waals surface area (Å²) in [5.74, 6) is -0.275. The van der Waals surface area contributed by atoms with Crippen molar-refractivity contribution in [3.05, 3.63) is 203 Å². The number of carbonyl (C=O) groups excluding carboxylic acids is 1. The summed E-state index contributed by atoms with van der Waals surface area (Å²) in [6.45, 7) is 2.63. The Morgan fingerprint density at radius 3 is 2.02 bits per heavy atom. The monoisotopic (exact) mass is 740 g/mol. The minimum atomic E-state index is -0.600. The molecule has 1 aliphatic rings. The van der Waals surface area contributed by atoms with Crippen molar-refractivity contribution in [1.29, 1.82) is 0 Å². The maximum absolute atomic E-state index is 13.0. The maximum atomic E-state index is 13.0. The molecule has 2 N–H and O–H groups in total. The fraction of sp³-hybridized carbons (Fsp3) is 0.188. The van der Waals surface area contributed by atoms with Crippen molar-refractivity contribution < 1.29 is 19.4 Å². The molecule has 0 aliphatic carbocycles. The lowest BCUT2D eigenvalue weighted by atomic mass is 9.98. The molecule has 6 aromatic carbocycles. The van der Waals surface area contributed by atoms with E-state index in [1.807, 2.05) is 54.6 Å². The SMILES string of the molecule is O=C(NCc1cccc(-c2cccc([C@@H]3O[C@H](CN(Cc4ccccc4)Cc4ccccc4)C[C@H](c4ccc(CO)cc4)O3)c2)c1)c1cnc2ccccc2n1. The van der Waals surface area contributed by atoms with Crippen LogP contribution < -0.4 is 5.32 Å². The highest BCUT2D eigenvalue weighted by molar-refractivity contribution is 5.93. The van der Waals surface area contributed by atoms with Crippen LogP contribution in [0.4, 0.5) is 0 Å². The van der Waals surface area contributed by atoms with Crippen LogP contribution in [0.5, 0.6) is 0 Å². The van der Waals surface area contributed by atoms with E-state index in [0.717, 1.165) is 52.0 Å². The molecule has 56 heavy (non-hydrogen) atoms. The van der Waals surface area contributed by atoms with Crippen molar-refractivity contribution in [2.45, 2.75) is 51.2 Å². The van der Waals surface area contributed by atoms with Gasteiger partial charge in [-0.3, -0.25) is 14.7 Å². The van der Waals surface area contributed by atoms with E-state index in [4.69, 9.17) is 9.47 Å². The molecular weight excluding hydrogens is 697 g/mol. The molecule has 3 atom stereocenters. The zero-order valence-corrected chi connectivity index (χ0v) is 31.1. The van der Waals surface area contributed by atoms with E-state index in [1.54, 1.807) is 0 Å². The van der Waals surface area contributed by atoms with Crippen LogP contribution in [0.15, 0.2) is 164 Å². The largest absolute Gasteiger partial charge is 0.392 e. The van der Waals surface area contributed by atoms with E-state index in [-0.39, 0.29) is 30.4 Å². The number of para-hydroxylation sites is 2. The summed E-state index contributed by atoms with van der Waals surface area (Å²) >= 11 is 0. The first-order valence-corrected chi connectivity index (χ1v) is 19.1. The predicted octanol–water partition coefficient (Wildman–Crippen LogP) is 8.97. The highest BCUT2D eigenvalue weighted by Crippen LogP contribution is 2.39. The Hall–Kier alpha value is -6.03. The van der Waals surface area contributed by atoms with E-state index in [1.165, 1.54) is 17.3 Å². The molecule has 1 saturated heterocycles. The summed E-state index contributed by atoms with van der Waals surface area (Å²) < 4.78 is 13.6.